The molecule has 2 aliphatic carbocycles. The molecule has 6 atom stereocenters. The molecule has 0 amide bonds. The molecule has 10 bridgehead atoms. The van der Waals surface area contributed by atoms with Gasteiger partial charge in [0, 0.05) is 11.8 Å². The molecule has 6 aliphatic heterocycles. The molecular formula is C47H70B2O8. The molecule has 8 aliphatic rings. The van der Waals surface area contributed by atoms with Crippen LogP contribution in [0.2, 0.25) is 0 Å². The predicted octanol–water partition coefficient (Wildman–Crippen LogP) is 9.90. The molecule has 10 heteroatoms. The maximum atomic E-state index is 6.94. The molecule has 0 N–H and O–H groups in total. The minimum absolute atomic E-state index is 0.0722. The van der Waals surface area contributed by atoms with Gasteiger partial charge in [-0.25, -0.2) is 0 Å². The molecule has 6 heterocycles. The van der Waals surface area contributed by atoms with Crippen LogP contribution < -0.4 is 29.9 Å². The first-order valence-corrected chi connectivity index (χ1v) is 23.7. The monoisotopic (exact) mass is 785 g/mol. The second-order valence-corrected chi connectivity index (χ2v) is 17.8. The minimum Gasteiger partial charge on any atom is -0.494 e. The van der Waals surface area contributed by atoms with Gasteiger partial charge in [-0.2, -0.15) is 0 Å². The summed E-state index contributed by atoms with van der Waals surface area (Å²) in [5, 5.41) is 0. The van der Waals surface area contributed by atoms with Crippen LogP contribution in [-0.4, -0.2) is 65.1 Å². The van der Waals surface area contributed by atoms with E-state index in [1.807, 2.05) is 0 Å². The van der Waals surface area contributed by atoms with Gasteiger partial charge in [0.25, 0.3) is 0 Å². The van der Waals surface area contributed by atoms with Gasteiger partial charge in [-0.3, -0.25) is 0 Å². The third kappa shape index (κ3) is 10.7. The van der Waals surface area contributed by atoms with E-state index in [1.54, 1.807) is 0 Å². The quantitative estimate of drug-likeness (QED) is 0.245. The highest BCUT2D eigenvalue weighted by atomic mass is 16.7. The summed E-state index contributed by atoms with van der Waals surface area (Å²) in [6, 6.07) is 12.4. The summed E-state index contributed by atoms with van der Waals surface area (Å²) in [6.45, 7) is 2.74. The van der Waals surface area contributed by atoms with E-state index in [9.17, 15) is 0 Å². The summed E-state index contributed by atoms with van der Waals surface area (Å²) < 4.78 is 54.0. The van der Waals surface area contributed by atoms with Gasteiger partial charge in [0.05, 0.1) is 61.8 Å². The molecule has 4 fully saturated rings. The van der Waals surface area contributed by atoms with Crippen molar-refractivity contribution in [1.82, 2.24) is 0 Å². The van der Waals surface area contributed by atoms with Crippen molar-refractivity contribution in [2.24, 2.45) is 11.8 Å². The summed E-state index contributed by atoms with van der Waals surface area (Å²) in [6.07, 6.45) is 30.7. The Balaban J connectivity index is 1.03. The third-order valence-electron chi connectivity index (χ3n) is 13.6. The minimum atomic E-state index is -0.550. The van der Waals surface area contributed by atoms with E-state index < -0.39 is 14.2 Å². The molecule has 0 radical (unpaired) electrons. The van der Waals surface area contributed by atoms with Gasteiger partial charge in [0.1, 0.15) is 23.0 Å². The van der Waals surface area contributed by atoms with Crippen molar-refractivity contribution >= 4 is 25.2 Å². The molecule has 2 saturated heterocycles. The topological polar surface area (TPSA) is 73.8 Å². The zero-order chi connectivity index (χ0) is 38.5. The lowest BCUT2D eigenvalue weighted by molar-refractivity contribution is -0.00476. The second kappa shape index (κ2) is 21.7. The maximum Gasteiger partial charge on any atom is 0.502 e. The van der Waals surface area contributed by atoms with E-state index in [1.165, 1.54) is 128 Å². The molecule has 8 nitrogen and oxygen atoms in total. The van der Waals surface area contributed by atoms with E-state index >= 15 is 0 Å². The first-order chi connectivity index (χ1) is 28.3. The van der Waals surface area contributed by atoms with Crippen molar-refractivity contribution in [3.63, 3.8) is 0 Å². The molecule has 10 rings (SSSR count). The number of fused-ring (bicyclic) bond motifs is 30. The molecular weight excluding hydrogens is 714 g/mol. The van der Waals surface area contributed by atoms with Crippen LogP contribution in [0.4, 0.5) is 0 Å². The van der Waals surface area contributed by atoms with Crippen LogP contribution in [0, 0.1) is 11.8 Å². The van der Waals surface area contributed by atoms with Crippen molar-refractivity contribution in [3.8, 4) is 23.0 Å². The molecule has 0 spiro atoms. The Bertz CT molecular complexity index is 1300. The molecule has 2 saturated carbocycles. The van der Waals surface area contributed by atoms with Crippen molar-refractivity contribution in [3.05, 3.63) is 36.4 Å². The Morgan fingerprint density at radius 1 is 0.316 bits per heavy atom. The number of benzene rings is 2. The van der Waals surface area contributed by atoms with Crippen molar-refractivity contribution in [2.45, 2.75) is 185 Å². The smallest absolute Gasteiger partial charge is 0.494 e. The lowest BCUT2D eigenvalue weighted by atomic mass is 9.77. The summed E-state index contributed by atoms with van der Waals surface area (Å²) in [4.78, 5) is 0. The molecule has 57 heavy (non-hydrogen) atoms. The van der Waals surface area contributed by atoms with Gasteiger partial charge in [-0.05, 0) is 56.4 Å². The van der Waals surface area contributed by atoms with Gasteiger partial charge in [0.2, 0.25) is 0 Å². The number of ether oxygens (including phenoxy) is 4. The largest absolute Gasteiger partial charge is 0.502 e. The zero-order valence-electron chi connectivity index (χ0n) is 34.9. The highest BCUT2D eigenvalue weighted by Gasteiger charge is 2.68. The lowest BCUT2D eigenvalue weighted by Gasteiger charge is -2.31. The van der Waals surface area contributed by atoms with Gasteiger partial charge < -0.3 is 37.6 Å². The third-order valence-corrected chi connectivity index (χ3v) is 13.6. The average Bonchev–Trinajstić information content (AvgIpc) is 4.00. The summed E-state index contributed by atoms with van der Waals surface area (Å²) >= 11 is 0. The van der Waals surface area contributed by atoms with Crippen LogP contribution in [0.5, 0.6) is 23.0 Å². The molecule has 2 unspecified atom stereocenters. The van der Waals surface area contributed by atoms with Crippen LogP contribution in [0.1, 0.15) is 161 Å². The molecule has 2 aromatic rings. The summed E-state index contributed by atoms with van der Waals surface area (Å²) in [5.41, 5.74) is 1.80. The van der Waals surface area contributed by atoms with Crippen LogP contribution in [0.3, 0.4) is 0 Å². The van der Waals surface area contributed by atoms with Gasteiger partial charge >= 0.3 is 14.2 Å². The number of rotatable bonds is 0. The predicted molar refractivity (Wildman–Crippen MR) is 228 cm³/mol. The fourth-order valence-corrected chi connectivity index (χ4v) is 10.5. The van der Waals surface area contributed by atoms with E-state index in [2.05, 4.69) is 36.4 Å². The number of hydrogen-bond donors (Lipinski definition) is 0. The van der Waals surface area contributed by atoms with Crippen LogP contribution in [-0.2, 0) is 18.6 Å². The Labute approximate surface area is 344 Å². The summed E-state index contributed by atoms with van der Waals surface area (Å²) in [7, 11) is -1.10. The van der Waals surface area contributed by atoms with Gasteiger partial charge in [-0.15, -0.1) is 0 Å². The second-order valence-electron chi connectivity index (χ2n) is 17.8. The highest BCUT2D eigenvalue weighted by molar-refractivity contribution is 6.64. The number of hydrogen-bond acceptors (Lipinski definition) is 8. The maximum absolute atomic E-state index is 6.94. The first-order valence-electron chi connectivity index (χ1n) is 23.7. The van der Waals surface area contributed by atoms with Crippen molar-refractivity contribution in [2.75, 3.05) is 26.4 Å². The Kier molecular flexibility index (Phi) is 15.8. The normalized spacial score (nSPS) is 30.4. The Hall–Kier alpha value is -2.39. The van der Waals surface area contributed by atoms with Crippen LogP contribution in [0.15, 0.2) is 36.4 Å². The van der Waals surface area contributed by atoms with E-state index in [0.717, 1.165) is 66.0 Å². The van der Waals surface area contributed by atoms with E-state index in [0.29, 0.717) is 26.4 Å². The Morgan fingerprint density at radius 3 is 0.789 bits per heavy atom. The van der Waals surface area contributed by atoms with E-state index in [-0.39, 0.29) is 36.3 Å². The fraction of sp³-hybridized carbons (Fsp3) is 0.745. The van der Waals surface area contributed by atoms with E-state index in [4.69, 9.17) is 37.6 Å². The molecule has 2 aromatic carbocycles. The van der Waals surface area contributed by atoms with Crippen LogP contribution >= 0.6 is 0 Å². The molecule has 0 aromatic heterocycles. The lowest BCUT2D eigenvalue weighted by Crippen LogP contribution is -2.44. The molecule has 312 valence electrons. The van der Waals surface area contributed by atoms with Crippen molar-refractivity contribution < 1.29 is 37.6 Å². The fourth-order valence-electron chi connectivity index (χ4n) is 10.5. The SMILES string of the molecule is c1cc2c3c(c1)OCCCCCCCCCCCCCCOc1cccc(c1B1O[C@@H]4C5CC([C@H]6OB3O[C@@H]56)[C@@H]4O1)OCCCCCCCCCCCCCCO2. The average molecular weight is 785 g/mol. The highest BCUT2D eigenvalue weighted by Crippen LogP contribution is 2.55. The Morgan fingerprint density at radius 2 is 0.544 bits per heavy atom. The zero-order valence-corrected chi connectivity index (χ0v) is 34.9. The van der Waals surface area contributed by atoms with Gasteiger partial charge in [-0.1, -0.05) is 141 Å². The van der Waals surface area contributed by atoms with Crippen LogP contribution in [0.25, 0.3) is 0 Å². The van der Waals surface area contributed by atoms with Gasteiger partial charge in [0.15, 0.2) is 0 Å². The first kappa shape index (κ1) is 41.3. The summed E-state index contributed by atoms with van der Waals surface area (Å²) in [5.74, 6) is 3.65. The van der Waals surface area contributed by atoms with Crippen molar-refractivity contribution in [1.29, 1.82) is 0 Å². The standard InChI is InChI=1S/C47H70B2O8/c1-2-6-10-14-18-22-32-51-39-28-26-30-41-43(39)49-56-46-36-35-37(47(46)57-49)45-44(36)54-48(55-45)42-38(50-31-21-17-13-9-5-1)27-25-29-40(42)52-33-23-19-15-11-7-3-4-8-12-16-20-24-34-53-41/h25-30,36-37,44-47H,1-24,31-35H2/t36?,37?,44-,45+,46+,47-.